The Balaban J connectivity index is 1.84. The zero-order chi connectivity index (χ0) is 17.8. The molecule has 8 heteroatoms. The average Bonchev–Trinajstić information content (AvgIpc) is 2.96. The van der Waals surface area contributed by atoms with Gasteiger partial charge in [0.15, 0.2) is 5.16 Å². The molecule has 0 bridgehead atoms. The van der Waals surface area contributed by atoms with Crippen LogP contribution in [-0.4, -0.2) is 20.7 Å². The van der Waals surface area contributed by atoms with Crippen LogP contribution in [0, 0.1) is 5.82 Å². The number of para-hydroxylation sites is 1. The maximum atomic E-state index is 13.3. The Hall–Kier alpha value is -2.19. The van der Waals surface area contributed by atoms with E-state index < -0.39 is 5.82 Å². The van der Waals surface area contributed by atoms with Crippen molar-refractivity contribution in [1.29, 1.82) is 0 Å². The van der Waals surface area contributed by atoms with Crippen LogP contribution in [0.2, 0.25) is 0 Å². The zero-order valence-corrected chi connectivity index (χ0v) is 15.6. The van der Waals surface area contributed by atoms with Crippen LogP contribution in [0.25, 0.3) is 0 Å². The van der Waals surface area contributed by atoms with Crippen LogP contribution in [0.4, 0.5) is 10.1 Å². The van der Waals surface area contributed by atoms with Crippen LogP contribution >= 0.6 is 27.7 Å². The van der Waals surface area contributed by atoms with Gasteiger partial charge in [0.25, 0.3) is 5.91 Å². The number of halogens is 2. The first kappa shape index (κ1) is 17.6. The molecule has 128 valence electrons. The second-order valence-corrected chi connectivity index (χ2v) is 6.76. The lowest BCUT2D eigenvalue weighted by molar-refractivity contribution is 0.102. The zero-order valence-electron chi connectivity index (χ0n) is 13.2. The molecule has 2 aromatic carbocycles. The lowest BCUT2D eigenvalue weighted by atomic mass is 10.2. The number of benzene rings is 2. The number of nitrogens with zero attached hydrogens (tertiary/aromatic N) is 3. The van der Waals surface area contributed by atoms with Gasteiger partial charge in [-0.3, -0.25) is 4.79 Å². The van der Waals surface area contributed by atoms with Crippen molar-refractivity contribution in [1.82, 2.24) is 14.8 Å². The first-order valence-electron chi connectivity index (χ1n) is 7.51. The van der Waals surface area contributed by atoms with E-state index in [2.05, 4.69) is 31.3 Å². The van der Waals surface area contributed by atoms with Gasteiger partial charge in [-0.1, -0.05) is 18.2 Å². The maximum Gasteiger partial charge on any atom is 0.255 e. The molecule has 0 saturated carbocycles. The van der Waals surface area contributed by atoms with Gasteiger partial charge in [-0.05, 0) is 64.9 Å². The van der Waals surface area contributed by atoms with E-state index >= 15 is 0 Å². The van der Waals surface area contributed by atoms with Crippen molar-refractivity contribution in [3.8, 4) is 0 Å². The largest absolute Gasteiger partial charge is 0.321 e. The highest BCUT2D eigenvalue weighted by Crippen LogP contribution is 2.33. The van der Waals surface area contributed by atoms with Gasteiger partial charge in [0, 0.05) is 17.0 Å². The number of carbonyl (C=O) groups is 1. The van der Waals surface area contributed by atoms with Crippen LogP contribution in [0.5, 0.6) is 0 Å². The van der Waals surface area contributed by atoms with Gasteiger partial charge in [-0.25, -0.2) is 9.07 Å². The molecule has 0 saturated heterocycles. The monoisotopic (exact) mass is 420 g/mol. The number of amides is 1. The first-order valence-corrected chi connectivity index (χ1v) is 9.12. The Kier molecular flexibility index (Phi) is 5.50. The average molecular weight is 421 g/mol. The van der Waals surface area contributed by atoms with Gasteiger partial charge in [0.1, 0.15) is 5.82 Å². The number of hydrogen-bond acceptors (Lipinski definition) is 4. The van der Waals surface area contributed by atoms with Gasteiger partial charge >= 0.3 is 0 Å². The summed E-state index contributed by atoms with van der Waals surface area (Å²) in [5.74, 6) is -0.818. The van der Waals surface area contributed by atoms with E-state index in [0.717, 1.165) is 4.90 Å². The molecule has 1 amide bonds. The maximum absolute atomic E-state index is 13.3. The summed E-state index contributed by atoms with van der Waals surface area (Å²) in [6, 6.07) is 13.0. The third-order valence-corrected chi connectivity index (χ3v) is 4.73. The minimum Gasteiger partial charge on any atom is -0.321 e. The molecule has 0 fully saturated rings. The van der Waals surface area contributed by atoms with E-state index in [1.807, 2.05) is 25.1 Å². The molecule has 3 aromatic rings. The number of aromatic nitrogens is 3. The summed E-state index contributed by atoms with van der Waals surface area (Å²) in [6.07, 6.45) is 0. The molecule has 0 aliphatic carbocycles. The second-order valence-electron chi connectivity index (χ2n) is 5.04. The van der Waals surface area contributed by atoms with Crippen molar-refractivity contribution < 1.29 is 9.18 Å². The summed E-state index contributed by atoms with van der Waals surface area (Å²) in [7, 11) is 0. The Morgan fingerprint density at radius 3 is 2.84 bits per heavy atom. The molecule has 5 nitrogen and oxygen atoms in total. The summed E-state index contributed by atoms with van der Waals surface area (Å²) >= 11 is 4.67. The SMILES string of the molecule is CCn1nc(Br)nc1Sc1ccccc1NC(=O)c1cccc(F)c1. The topological polar surface area (TPSA) is 59.8 Å². The lowest BCUT2D eigenvalue weighted by Crippen LogP contribution is -2.12. The summed E-state index contributed by atoms with van der Waals surface area (Å²) in [5.41, 5.74) is 0.891. The van der Waals surface area contributed by atoms with Crippen LogP contribution in [0.15, 0.2) is 63.3 Å². The van der Waals surface area contributed by atoms with Gasteiger partial charge < -0.3 is 5.32 Å². The van der Waals surface area contributed by atoms with E-state index in [9.17, 15) is 9.18 Å². The third kappa shape index (κ3) is 4.26. The van der Waals surface area contributed by atoms with E-state index in [1.165, 1.54) is 30.0 Å². The van der Waals surface area contributed by atoms with Crippen molar-refractivity contribution in [2.75, 3.05) is 5.32 Å². The minimum absolute atomic E-state index is 0.263. The molecule has 0 radical (unpaired) electrons. The molecule has 25 heavy (non-hydrogen) atoms. The van der Waals surface area contributed by atoms with Crippen molar-refractivity contribution >= 4 is 39.3 Å². The molecule has 0 aliphatic rings. The number of aryl methyl sites for hydroxylation is 1. The number of nitrogens with one attached hydrogen (secondary N) is 1. The molecule has 0 spiro atoms. The normalized spacial score (nSPS) is 10.7. The molecule has 3 rings (SSSR count). The highest BCUT2D eigenvalue weighted by atomic mass is 79.9. The summed E-state index contributed by atoms with van der Waals surface area (Å²) in [5, 5.41) is 7.78. The van der Waals surface area contributed by atoms with Crippen molar-refractivity contribution in [3.05, 3.63) is 64.6 Å². The van der Waals surface area contributed by atoms with Gasteiger partial charge in [0.2, 0.25) is 4.73 Å². The molecular weight excluding hydrogens is 407 g/mol. The standard InChI is InChI=1S/C17H14BrFN4OS/c1-2-23-17(21-16(18)22-23)25-14-9-4-3-8-13(14)20-15(24)11-6-5-7-12(19)10-11/h3-10H,2H2,1H3,(H,20,24). The number of carbonyl (C=O) groups excluding carboxylic acids is 1. The summed E-state index contributed by atoms with van der Waals surface area (Å²) < 4.78 is 15.6. The quantitative estimate of drug-likeness (QED) is 0.654. The molecule has 1 N–H and O–H groups in total. The molecule has 0 atom stereocenters. The number of anilines is 1. The molecule has 1 aromatic heterocycles. The predicted octanol–water partition coefficient (Wildman–Crippen LogP) is 4.60. The fourth-order valence-electron chi connectivity index (χ4n) is 2.16. The predicted molar refractivity (Wildman–Crippen MR) is 98.3 cm³/mol. The van der Waals surface area contributed by atoms with Gasteiger partial charge in [0.05, 0.1) is 5.69 Å². The van der Waals surface area contributed by atoms with Crippen molar-refractivity contribution in [2.24, 2.45) is 0 Å². The van der Waals surface area contributed by atoms with Crippen LogP contribution in [0.1, 0.15) is 17.3 Å². The first-order chi connectivity index (χ1) is 12.1. The van der Waals surface area contributed by atoms with Gasteiger partial charge in [-0.2, -0.15) is 4.98 Å². The van der Waals surface area contributed by atoms with E-state index in [1.54, 1.807) is 16.8 Å². The lowest BCUT2D eigenvalue weighted by Gasteiger charge is -2.10. The van der Waals surface area contributed by atoms with Gasteiger partial charge in [-0.15, -0.1) is 5.10 Å². The second kappa shape index (κ2) is 7.79. The van der Waals surface area contributed by atoms with E-state index in [0.29, 0.717) is 22.1 Å². The highest BCUT2D eigenvalue weighted by Gasteiger charge is 2.14. The Labute approximate surface area is 156 Å². The summed E-state index contributed by atoms with van der Waals surface area (Å²) in [4.78, 5) is 17.5. The van der Waals surface area contributed by atoms with Crippen LogP contribution < -0.4 is 5.32 Å². The molecular formula is C17H14BrFN4OS. The van der Waals surface area contributed by atoms with Crippen molar-refractivity contribution in [3.63, 3.8) is 0 Å². The Bertz CT molecular complexity index is 915. The molecule has 0 unspecified atom stereocenters. The van der Waals surface area contributed by atoms with Crippen molar-refractivity contribution in [2.45, 2.75) is 23.5 Å². The fourth-order valence-corrected chi connectivity index (χ4v) is 3.62. The highest BCUT2D eigenvalue weighted by molar-refractivity contribution is 9.10. The number of rotatable bonds is 5. The fraction of sp³-hybridized carbons (Fsp3) is 0.118. The minimum atomic E-state index is -0.448. The van der Waals surface area contributed by atoms with Crippen LogP contribution in [0.3, 0.4) is 0 Å². The third-order valence-electron chi connectivity index (χ3n) is 3.33. The Morgan fingerprint density at radius 2 is 2.08 bits per heavy atom. The molecule has 0 aliphatic heterocycles. The summed E-state index contributed by atoms with van der Waals surface area (Å²) in [6.45, 7) is 2.65. The van der Waals surface area contributed by atoms with Crippen LogP contribution in [-0.2, 0) is 6.54 Å². The molecule has 1 heterocycles. The van der Waals surface area contributed by atoms with E-state index in [4.69, 9.17) is 0 Å². The number of hydrogen-bond donors (Lipinski definition) is 1. The Morgan fingerprint density at radius 1 is 1.28 bits per heavy atom. The van der Waals surface area contributed by atoms with E-state index in [-0.39, 0.29) is 11.5 Å². The smallest absolute Gasteiger partial charge is 0.255 e.